The quantitative estimate of drug-likeness (QED) is 0.353. The van der Waals surface area contributed by atoms with E-state index in [1.165, 1.54) is 27.8 Å². The van der Waals surface area contributed by atoms with Gasteiger partial charge in [-0.3, -0.25) is 0 Å². The molecule has 0 spiro atoms. The van der Waals surface area contributed by atoms with Gasteiger partial charge in [0.05, 0.1) is 0 Å². The van der Waals surface area contributed by atoms with Gasteiger partial charge in [-0.1, -0.05) is 68.2 Å². The fourth-order valence-electron chi connectivity index (χ4n) is 3.27. The number of allylic oxidation sites excluding steroid dienone is 8. The minimum atomic E-state index is 0.0511. The molecule has 0 aliphatic heterocycles. The molecule has 0 fully saturated rings. The second-order valence-electron chi connectivity index (χ2n) is 7.64. The van der Waals surface area contributed by atoms with Crippen molar-refractivity contribution in [3.63, 3.8) is 0 Å². The summed E-state index contributed by atoms with van der Waals surface area (Å²) in [5.41, 5.74) is 9.16. The van der Waals surface area contributed by atoms with Crippen LogP contribution < -0.4 is 0 Å². The van der Waals surface area contributed by atoms with Crippen molar-refractivity contribution in [1.29, 1.82) is 0 Å². The molecule has 1 atom stereocenters. The highest BCUT2D eigenvalue weighted by Gasteiger charge is 2.13. The minimum absolute atomic E-state index is 0.0511. The van der Waals surface area contributed by atoms with E-state index in [2.05, 4.69) is 78.1 Å². The van der Waals surface area contributed by atoms with Crippen LogP contribution >= 0.6 is 0 Å². The number of aliphatic hydroxyl groups is 1. The van der Waals surface area contributed by atoms with Gasteiger partial charge in [0, 0.05) is 5.57 Å². The maximum absolute atomic E-state index is 9.79. The molecule has 0 aliphatic carbocycles. The Morgan fingerprint density at radius 1 is 1.10 bits per heavy atom. The van der Waals surface area contributed by atoms with Gasteiger partial charge in [-0.2, -0.15) is 0 Å². The first-order valence-electron chi connectivity index (χ1n) is 10.2. The smallest absolute Gasteiger partial charge is 0.115 e. The first-order chi connectivity index (χ1) is 14.1. The third-order valence-corrected chi connectivity index (χ3v) is 5.34. The Bertz CT molecular complexity index is 876. The Balaban J connectivity index is 0.00000407. The van der Waals surface area contributed by atoms with Crippen molar-refractivity contribution in [2.75, 3.05) is 0 Å². The summed E-state index contributed by atoms with van der Waals surface area (Å²) in [6.45, 7) is 24.6. The highest BCUT2D eigenvalue weighted by atomic mass is 16.3. The van der Waals surface area contributed by atoms with Crippen molar-refractivity contribution in [2.24, 2.45) is 5.92 Å². The molecule has 0 heterocycles. The second-order valence-corrected chi connectivity index (χ2v) is 7.64. The summed E-state index contributed by atoms with van der Waals surface area (Å²) in [6.07, 6.45) is 11.2. The predicted octanol–water partition coefficient (Wildman–Crippen LogP) is 7.80. The molecule has 0 saturated carbocycles. The maximum atomic E-state index is 9.79. The summed E-state index contributed by atoms with van der Waals surface area (Å²) >= 11 is 0. The number of rotatable bonds is 8. The van der Waals surface area contributed by atoms with Crippen LogP contribution in [0.4, 0.5) is 0 Å². The highest BCUT2D eigenvalue weighted by molar-refractivity contribution is 5.72. The Morgan fingerprint density at radius 3 is 2.17 bits per heavy atom. The average molecular weight is 407 g/mol. The van der Waals surface area contributed by atoms with E-state index < -0.39 is 0 Å². The van der Waals surface area contributed by atoms with Crippen LogP contribution in [0.5, 0.6) is 0 Å². The Hall–Kier alpha value is -2.87. The van der Waals surface area contributed by atoms with E-state index in [0.29, 0.717) is 11.5 Å². The van der Waals surface area contributed by atoms with Crippen molar-refractivity contribution in [1.82, 2.24) is 0 Å². The molecule has 1 rings (SSSR count). The van der Waals surface area contributed by atoms with Gasteiger partial charge in [0.15, 0.2) is 0 Å². The van der Waals surface area contributed by atoms with Gasteiger partial charge in [-0.15, -0.1) is 0 Å². The maximum Gasteiger partial charge on any atom is 0.115 e. The number of aliphatic hydroxyl groups excluding tert-OH is 1. The fraction of sp³-hybridized carbons (Fsp3) is 0.321. The van der Waals surface area contributed by atoms with Gasteiger partial charge >= 0.3 is 0 Å². The van der Waals surface area contributed by atoms with Gasteiger partial charge in [-0.25, -0.2) is 0 Å². The SMILES string of the molecule is C=C(O)/C(=C/C)C(=C)/C=C(\C)c1cc(C)c(C)cc1CC(C)/C(C)=C/C=C\C.C=O. The van der Waals surface area contributed by atoms with Crippen LogP contribution in [0.15, 0.2) is 78.1 Å². The standard InChI is InChI=1S/C27H36O.CH2O/c1-10-12-13-18(3)19(4)15-25-16-20(5)21(6)17-27(25)23(8)14-22(7)26(11-2)24(9)28;1-2/h10-14,16-17,19,28H,7,9,15H2,1-6,8H3;1H2/b12-10-,18-13+,23-14+,26-11+;. The van der Waals surface area contributed by atoms with Crippen LogP contribution in [0.2, 0.25) is 0 Å². The lowest BCUT2D eigenvalue weighted by molar-refractivity contribution is -0.0979. The first-order valence-corrected chi connectivity index (χ1v) is 10.2. The molecule has 2 heteroatoms. The van der Waals surface area contributed by atoms with Crippen molar-refractivity contribution in [3.05, 3.63) is 100 Å². The van der Waals surface area contributed by atoms with Gasteiger partial charge in [0.2, 0.25) is 0 Å². The van der Waals surface area contributed by atoms with Crippen molar-refractivity contribution in [3.8, 4) is 0 Å². The van der Waals surface area contributed by atoms with E-state index in [0.717, 1.165) is 17.6 Å². The summed E-state index contributed by atoms with van der Waals surface area (Å²) in [6, 6.07) is 4.58. The summed E-state index contributed by atoms with van der Waals surface area (Å²) in [4.78, 5) is 8.00. The Kier molecular flexibility index (Phi) is 12.1. The molecular formula is C28H38O2. The van der Waals surface area contributed by atoms with Crippen molar-refractivity contribution >= 4 is 12.4 Å². The second kappa shape index (κ2) is 13.4. The number of hydrogen-bond donors (Lipinski definition) is 1. The molecule has 2 nitrogen and oxygen atoms in total. The summed E-state index contributed by atoms with van der Waals surface area (Å²) in [7, 11) is 0. The number of carbonyl (C=O) groups is 1. The molecule has 0 aromatic heterocycles. The lowest BCUT2D eigenvalue weighted by atomic mass is 9.86. The van der Waals surface area contributed by atoms with Crippen LogP contribution in [0.1, 0.15) is 56.9 Å². The fourth-order valence-corrected chi connectivity index (χ4v) is 3.27. The van der Waals surface area contributed by atoms with Crippen LogP contribution in [0, 0.1) is 19.8 Å². The molecule has 0 aliphatic rings. The zero-order chi connectivity index (χ0) is 23.4. The molecule has 1 aromatic rings. The van der Waals surface area contributed by atoms with Crippen LogP contribution in [-0.2, 0) is 11.2 Å². The van der Waals surface area contributed by atoms with Crippen molar-refractivity contribution < 1.29 is 9.90 Å². The van der Waals surface area contributed by atoms with Crippen LogP contribution in [0.3, 0.4) is 0 Å². The largest absolute Gasteiger partial charge is 0.508 e. The van der Waals surface area contributed by atoms with Crippen LogP contribution in [0.25, 0.3) is 5.57 Å². The van der Waals surface area contributed by atoms with Gasteiger partial charge < -0.3 is 9.90 Å². The summed E-state index contributed by atoms with van der Waals surface area (Å²) in [5.74, 6) is 0.506. The molecule has 30 heavy (non-hydrogen) atoms. The summed E-state index contributed by atoms with van der Waals surface area (Å²) in [5, 5.41) is 9.79. The minimum Gasteiger partial charge on any atom is -0.508 e. The highest BCUT2D eigenvalue weighted by Crippen LogP contribution is 2.29. The lowest BCUT2D eigenvalue weighted by Gasteiger charge is -2.18. The Morgan fingerprint density at radius 2 is 1.67 bits per heavy atom. The van der Waals surface area contributed by atoms with Crippen molar-refractivity contribution in [2.45, 2.75) is 54.9 Å². The van der Waals surface area contributed by atoms with Gasteiger partial charge in [0.1, 0.15) is 12.5 Å². The Labute approximate surface area is 183 Å². The van der Waals surface area contributed by atoms with E-state index in [1.54, 1.807) is 0 Å². The molecule has 162 valence electrons. The normalized spacial score (nSPS) is 13.6. The first kappa shape index (κ1) is 27.1. The molecule has 1 aromatic carbocycles. The number of hydrogen-bond acceptors (Lipinski definition) is 2. The lowest BCUT2D eigenvalue weighted by Crippen LogP contribution is -2.05. The zero-order valence-corrected chi connectivity index (χ0v) is 19.8. The number of benzene rings is 1. The summed E-state index contributed by atoms with van der Waals surface area (Å²) < 4.78 is 0. The van der Waals surface area contributed by atoms with E-state index in [9.17, 15) is 5.11 Å². The number of carbonyl (C=O) groups excluding carboxylic acids is 1. The molecule has 0 bridgehead atoms. The third kappa shape index (κ3) is 7.87. The average Bonchev–Trinajstić information content (AvgIpc) is 2.70. The van der Waals surface area contributed by atoms with E-state index in [4.69, 9.17) is 4.79 Å². The van der Waals surface area contributed by atoms with E-state index in [1.807, 2.05) is 32.8 Å². The third-order valence-electron chi connectivity index (χ3n) is 5.34. The zero-order valence-electron chi connectivity index (χ0n) is 19.8. The molecule has 1 unspecified atom stereocenters. The predicted molar refractivity (Wildman–Crippen MR) is 133 cm³/mol. The molecular weight excluding hydrogens is 368 g/mol. The van der Waals surface area contributed by atoms with E-state index in [-0.39, 0.29) is 5.76 Å². The topological polar surface area (TPSA) is 37.3 Å². The monoisotopic (exact) mass is 406 g/mol. The van der Waals surface area contributed by atoms with Gasteiger partial charge in [0.25, 0.3) is 0 Å². The molecule has 1 N–H and O–H groups in total. The molecule has 0 radical (unpaired) electrons. The van der Waals surface area contributed by atoms with Crippen LogP contribution in [-0.4, -0.2) is 11.9 Å². The van der Waals surface area contributed by atoms with E-state index >= 15 is 0 Å². The van der Waals surface area contributed by atoms with Gasteiger partial charge in [-0.05, 0) is 87.3 Å². The molecule has 0 amide bonds. The molecule has 0 saturated heterocycles. The number of aryl methyl sites for hydroxylation is 2.